The summed E-state index contributed by atoms with van der Waals surface area (Å²) in [5, 5.41) is 2.28. The molecule has 0 saturated heterocycles. The number of rotatable bonds is 0. The lowest BCUT2D eigenvalue weighted by atomic mass is 10.7. The molecular formula is C4H9N3O. The molecule has 1 amide bonds. The molecule has 0 atom stereocenters. The molecule has 0 radical (unpaired) electrons. The number of guanidine groups is 1. The van der Waals surface area contributed by atoms with E-state index in [-0.39, 0.29) is 11.9 Å². The highest BCUT2D eigenvalue weighted by Crippen LogP contribution is 1.58. The molecule has 0 aliphatic carbocycles. The SMILES string of the molecule is CN=C(N)NC(C)=O. The van der Waals surface area contributed by atoms with Gasteiger partial charge in [-0.15, -0.1) is 0 Å². The van der Waals surface area contributed by atoms with Crippen molar-refractivity contribution in [3.8, 4) is 0 Å². The van der Waals surface area contributed by atoms with Crippen LogP contribution in [0.1, 0.15) is 6.92 Å². The molecule has 0 unspecified atom stereocenters. The molecule has 3 N–H and O–H groups in total. The molecular weight excluding hydrogens is 106 g/mol. The van der Waals surface area contributed by atoms with Crippen LogP contribution in [-0.4, -0.2) is 18.9 Å². The average Bonchev–Trinajstić information content (AvgIpc) is 1.65. The number of nitrogens with one attached hydrogen (secondary N) is 1. The lowest BCUT2D eigenvalue weighted by Gasteiger charge is -1.95. The van der Waals surface area contributed by atoms with E-state index in [2.05, 4.69) is 10.3 Å². The monoisotopic (exact) mass is 115 g/mol. The maximum absolute atomic E-state index is 10.1. The van der Waals surface area contributed by atoms with Gasteiger partial charge in [-0.1, -0.05) is 0 Å². The molecule has 0 rings (SSSR count). The standard InChI is InChI=1S/C4H9N3O/c1-3(8)7-4(5)6-2/h1-2H3,(H3,5,6,7,8). The second kappa shape index (κ2) is 3.01. The largest absolute Gasteiger partial charge is 0.370 e. The summed E-state index contributed by atoms with van der Waals surface area (Å²) in [7, 11) is 1.51. The van der Waals surface area contributed by atoms with Crippen molar-refractivity contribution in [2.45, 2.75) is 6.92 Å². The molecule has 0 aliphatic heterocycles. The van der Waals surface area contributed by atoms with Crippen molar-refractivity contribution in [1.82, 2.24) is 5.32 Å². The van der Waals surface area contributed by atoms with Gasteiger partial charge in [0.1, 0.15) is 0 Å². The van der Waals surface area contributed by atoms with E-state index in [9.17, 15) is 4.79 Å². The average molecular weight is 115 g/mol. The van der Waals surface area contributed by atoms with Crippen molar-refractivity contribution in [3.05, 3.63) is 0 Å². The highest BCUT2D eigenvalue weighted by molar-refractivity contribution is 5.94. The Balaban J connectivity index is 3.56. The van der Waals surface area contributed by atoms with E-state index >= 15 is 0 Å². The third-order valence-electron chi connectivity index (χ3n) is 0.545. The fourth-order valence-corrected chi connectivity index (χ4v) is 0.236. The zero-order chi connectivity index (χ0) is 6.57. The Morgan fingerprint density at radius 2 is 2.25 bits per heavy atom. The van der Waals surface area contributed by atoms with Crippen LogP contribution in [-0.2, 0) is 4.79 Å². The third kappa shape index (κ3) is 3.14. The van der Waals surface area contributed by atoms with Crippen molar-refractivity contribution in [2.24, 2.45) is 10.7 Å². The summed E-state index contributed by atoms with van der Waals surface area (Å²) in [5.41, 5.74) is 5.09. The number of aliphatic imine (C=N–C) groups is 1. The van der Waals surface area contributed by atoms with Gasteiger partial charge in [0, 0.05) is 14.0 Å². The van der Waals surface area contributed by atoms with Crippen LogP contribution in [0, 0.1) is 0 Å². The minimum atomic E-state index is -0.201. The summed E-state index contributed by atoms with van der Waals surface area (Å²) in [6, 6.07) is 0. The summed E-state index contributed by atoms with van der Waals surface area (Å²) < 4.78 is 0. The zero-order valence-electron chi connectivity index (χ0n) is 4.93. The Bertz CT molecular complexity index is 118. The van der Waals surface area contributed by atoms with E-state index in [1.807, 2.05) is 0 Å². The highest BCUT2D eigenvalue weighted by atomic mass is 16.1. The van der Waals surface area contributed by atoms with Crippen LogP contribution in [0.4, 0.5) is 0 Å². The maximum Gasteiger partial charge on any atom is 0.223 e. The van der Waals surface area contributed by atoms with Gasteiger partial charge in [0.15, 0.2) is 5.96 Å². The van der Waals surface area contributed by atoms with Gasteiger partial charge in [-0.3, -0.25) is 15.1 Å². The van der Waals surface area contributed by atoms with Crippen molar-refractivity contribution < 1.29 is 4.79 Å². The van der Waals surface area contributed by atoms with Gasteiger partial charge in [-0.2, -0.15) is 0 Å². The topological polar surface area (TPSA) is 67.5 Å². The summed E-state index contributed by atoms with van der Waals surface area (Å²) in [6.07, 6.45) is 0. The number of hydrogen-bond donors (Lipinski definition) is 2. The van der Waals surface area contributed by atoms with Crippen molar-refractivity contribution in [1.29, 1.82) is 0 Å². The molecule has 0 bridgehead atoms. The number of nitrogens with two attached hydrogens (primary N) is 1. The van der Waals surface area contributed by atoms with Gasteiger partial charge < -0.3 is 5.73 Å². The Morgan fingerprint density at radius 1 is 1.75 bits per heavy atom. The van der Waals surface area contributed by atoms with E-state index in [4.69, 9.17) is 5.73 Å². The van der Waals surface area contributed by atoms with Gasteiger partial charge in [0.05, 0.1) is 0 Å². The lowest BCUT2D eigenvalue weighted by molar-refractivity contribution is -0.117. The first-order valence-electron chi connectivity index (χ1n) is 2.16. The van der Waals surface area contributed by atoms with Crippen LogP contribution in [0.5, 0.6) is 0 Å². The molecule has 46 valence electrons. The molecule has 0 fully saturated rings. The first kappa shape index (κ1) is 6.94. The van der Waals surface area contributed by atoms with Crippen LogP contribution < -0.4 is 11.1 Å². The zero-order valence-corrected chi connectivity index (χ0v) is 4.93. The van der Waals surface area contributed by atoms with Crippen LogP contribution in [0.2, 0.25) is 0 Å². The smallest absolute Gasteiger partial charge is 0.223 e. The van der Waals surface area contributed by atoms with Crippen LogP contribution in [0.25, 0.3) is 0 Å². The Morgan fingerprint density at radius 3 is 2.38 bits per heavy atom. The molecule has 0 aliphatic rings. The van der Waals surface area contributed by atoms with E-state index in [0.717, 1.165) is 0 Å². The maximum atomic E-state index is 10.1. The van der Waals surface area contributed by atoms with E-state index in [1.165, 1.54) is 14.0 Å². The quantitative estimate of drug-likeness (QED) is 0.316. The predicted molar refractivity (Wildman–Crippen MR) is 31.4 cm³/mol. The van der Waals surface area contributed by atoms with Crippen LogP contribution >= 0.6 is 0 Å². The molecule has 4 heteroatoms. The molecule has 0 aromatic heterocycles. The van der Waals surface area contributed by atoms with Crippen LogP contribution in [0.15, 0.2) is 4.99 Å². The molecule has 0 aromatic carbocycles. The van der Waals surface area contributed by atoms with E-state index < -0.39 is 0 Å². The second-order valence-electron chi connectivity index (χ2n) is 1.29. The Labute approximate surface area is 47.8 Å². The van der Waals surface area contributed by atoms with Crippen molar-refractivity contribution in [2.75, 3.05) is 7.05 Å². The van der Waals surface area contributed by atoms with Gasteiger partial charge in [-0.25, -0.2) is 0 Å². The normalized spacial score (nSPS) is 11.0. The summed E-state index contributed by atoms with van der Waals surface area (Å²) in [6.45, 7) is 1.37. The third-order valence-corrected chi connectivity index (χ3v) is 0.545. The highest BCUT2D eigenvalue weighted by Gasteiger charge is 1.89. The number of carbonyl (C=O) groups is 1. The number of nitrogens with zero attached hydrogens (tertiary/aromatic N) is 1. The number of carbonyl (C=O) groups excluding carboxylic acids is 1. The minimum absolute atomic E-state index is 0.150. The van der Waals surface area contributed by atoms with Gasteiger partial charge >= 0.3 is 0 Å². The summed E-state index contributed by atoms with van der Waals surface area (Å²) in [4.78, 5) is 13.6. The Hall–Kier alpha value is -1.06. The summed E-state index contributed by atoms with van der Waals surface area (Å²) in [5.74, 6) is -0.0504. The first-order valence-corrected chi connectivity index (χ1v) is 2.16. The number of hydrogen-bond acceptors (Lipinski definition) is 2. The fourth-order valence-electron chi connectivity index (χ4n) is 0.236. The number of amides is 1. The van der Waals surface area contributed by atoms with Crippen LogP contribution in [0.3, 0.4) is 0 Å². The van der Waals surface area contributed by atoms with Gasteiger partial charge in [0.25, 0.3) is 0 Å². The predicted octanol–water partition coefficient (Wildman–Crippen LogP) is -0.933. The first-order chi connectivity index (χ1) is 3.66. The molecule has 4 nitrogen and oxygen atoms in total. The second-order valence-corrected chi connectivity index (χ2v) is 1.29. The van der Waals surface area contributed by atoms with Crippen molar-refractivity contribution >= 4 is 11.9 Å². The molecule has 0 heterocycles. The minimum Gasteiger partial charge on any atom is -0.370 e. The van der Waals surface area contributed by atoms with E-state index in [0.29, 0.717) is 0 Å². The molecule has 0 aromatic rings. The Kier molecular flexibility index (Phi) is 2.61. The van der Waals surface area contributed by atoms with Gasteiger partial charge in [0.2, 0.25) is 5.91 Å². The lowest BCUT2D eigenvalue weighted by Crippen LogP contribution is -2.34. The van der Waals surface area contributed by atoms with E-state index in [1.54, 1.807) is 0 Å². The molecule has 0 spiro atoms. The molecule has 8 heavy (non-hydrogen) atoms. The molecule has 0 saturated carbocycles. The van der Waals surface area contributed by atoms with Gasteiger partial charge in [-0.05, 0) is 0 Å². The fraction of sp³-hybridized carbons (Fsp3) is 0.500. The summed E-state index contributed by atoms with van der Waals surface area (Å²) >= 11 is 0. The van der Waals surface area contributed by atoms with Crippen molar-refractivity contribution in [3.63, 3.8) is 0 Å².